The molecule has 0 amide bonds. The summed E-state index contributed by atoms with van der Waals surface area (Å²) in [7, 11) is 2.04. The molecule has 0 atom stereocenters. The van der Waals surface area contributed by atoms with Gasteiger partial charge in [0, 0.05) is 26.1 Å². The van der Waals surface area contributed by atoms with E-state index in [1.54, 1.807) is 6.92 Å². The van der Waals surface area contributed by atoms with Gasteiger partial charge in [0.15, 0.2) is 16.6 Å². The van der Waals surface area contributed by atoms with Gasteiger partial charge in [-0.1, -0.05) is 11.3 Å². The van der Waals surface area contributed by atoms with Crippen LogP contribution in [-0.4, -0.2) is 54.4 Å². The number of nitrogens with one attached hydrogen (secondary N) is 1. The molecule has 0 aliphatic rings. The van der Waals surface area contributed by atoms with Crippen LogP contribution in [0.4, 0.5) is 5.13 Å². The van der Waals surface area contributed by atoms with Crippen molar-refractivity contribution in [3.63, 3.8) is 0 Å². The first kappa shape index (κ1) is 17.6. The molecule has 0 radical (unpaired) electrons. The molecule has 1 rings (SSSR count). The maximum absolute atomic E-state index is 11.8. The van der Waals surface area contributed by atoms with E-state index in [1.165, 1.54) is 18.3 Å². The lowest BCUT2D eigenvalue weighted by Crippen LogP contribution is -2.31. The third-order valence-corrected chi connectivity index (χ3v) is 4.15. The van der Waals surface area contributed by atoms with E-state index in [9.17, 15) is 9.59 Å². The number of carbonyl (C=O) groups excluding carboxylic acids is 2. The Hall–Kier alpha value is -1.47. The number of likely N-dealkylation sites (N-methyl/N-ethyl adjacent to an activating group) is 1. The third kappa shape index (κ3) is 5.09. The average molecular weight is 313 g/mol. The van der Waals surface area contributed by atoms with Gasteiger partial charge in [0.25, 0.3) is 0 Å². The van der Waals surface area contributed by atoms with Gasteiger partial charge in [-0.2, -0.15) is 0 Å². The monoisotopic (exact) mass is 313 g/mol. The largest absolute Gasteiger partial charge is 0.461 e. The molecule has 0 bridgehead atoms. The van der Waals surface area contributed by atoms with Gasteiger partial charge in [-0.25, -0.2) is 9.78 Å². The predicted octanol–water partition coefficient (Wildman–Crippen LogP) is 2.27. The van der Waals surface area contributed by atoms with E-state index in [0.29, 0.717) is 22.6 Å². The molecule has 1 N–H and O–H groups in total. The highest BCUT2D eigenvalue weighted by Gasteiger charge is 2.22. The summed E-state index contributed by atoms with van der Waals surface area (Å²) >= 11 is 1.19. The van der Waals surface area contributed by atoms with Gasteiger partial charge in [0.1, 0.15) is 4.88 Å². The van der Waals surface area contributed by atoms with Crippen molar-refractivity contribution in [3.05, 3.63) is 10.6 Å². The number of nitrogens with zero attached hydrogens (tertiary/aromatic N) is 2. The van der Waals surface area contributed by atoms with Crippen molar-refractivity contribution in [2.75, 3.05) is 32.1 Å². The summed E-state index contributed by atoms with van der Waals surface area (Å²) in [4.78, 5) is 30.1. The third-order valence-electron chi connectivity index (χ3n) is 3.04. The molecule has 1 aromatic heterocycles. The number of ether oxygens (including phenoxy) is 1. The molecule has 0 unspecified atom stereocenters. The zero-order chi connectivity index (χ0) is 16.0. The quantitative estimate of drug-likeness (QED) is 0.586. The highest BCUT2D eigenvalue weighted by Crippen LogP contribution is 2.24. The van der Waals surface area contributed by atoms with Crippen molar-refractivity contribution in [1.82, 2.24) is 9.88 Å². The minimum absolute atomic E-state index is 0.106. The fraction of sp³-hybridized carbons (Fsp3) is 0.643. The molecule has 0 aromatic carbocycles. The number of aromatic nitrogens is 1. The first-order valence-corrected chi connectivity index (χ1v) is 7.81. The van der Waals surface area contributed by atoms with Crippen LogP contribution in [0.2, 0.25) is 0 Å². The molecule has 118 valence electrons. The topological polar surface area (TPSA) is 71.5 Å². The van der Waals surface area contributed by atoms with Gasteiger partial charge in [-0.15, -0.1) is 0 Å². The van der Waals surface area contributed by atoms with Crippen LogP contribution in [0, 0.1) is 0 Å². The molecule has 21 heavy (non-hydrogen) atoms. The standard InChI is InChI=1S/C14H23N3O3S/c1-6-20-13(19)11-12(10(4)18)21-14(16-11)15-7-8-17(5)9(2)3/h9H,6-8H2,1-5H3,(H,15,16). The highest BCUT2D eigenvalue weighted by atomic mass is 32.1. The number of ketones is 1. The normalized spacial score (nSPS) is 11.0. The zero-order valence-electron chi connectivity index (χ0n) is 13.2. The van der Waals surface area contributed by atoms with E-state index < -0.39 is 5.97 Å². The molecular formula is C14H23N3O3S. The molecule has 0 fully saturated rings. The van der Waals surface area contributed by atoms with Gasteiger partial charge in [-0.05, 0) is 27.8 Å². The number of Topliss-reactive ketones (excluding diaryl/α,β-unsaturated/α-hetero) is 1. The maximum Gasteiger partial charge on any atom is 0.358 e. The van der Waals surface area contributed by atoms with Crippen LogP contribution in [0.1, 0.15) is 47.9 Å². The van der Waals surface area contributed by atoms with Gasteiger partial charge in [0.05, 0.1) is 6.61 Å². The molecule has 0 aliphatic carbocycles. The highest BCUT2D eigenvalue weighted by molar-refractivity contribution is 7.17. The number of thiazole rings is 1. The summed E-state index contributed by atoms with van der Waals surface area (Å²) in [5.74, 6) is -0.728. The Kier molecular flexibility index (Phi) is 6.77. The lowest BCUT2D eigenvalue weighted by molar-refractivity contribution is 0.0517. The number of carbonyl (C=O) groups is 2. The van der Waals surface area contributed by atoms with Crippen LogP contribution in [-0.2, 0) is 4.74 Å². The molecule has 7 heteroatoms. The van der Waals surface area contributed by atoms with Crippen molar-refractivity contribution in [3.8, 4) is 0 Å². The summed E-state index contributed by atoms with van der Waals surface area (Å²) < 4.78 is 4.92. The van der Waals surface area contributed by atoms with E-state index in [-0.39, 0.29) is 18.1 Å². The van der Waals surface area contributed by atoms with E-state index in [2.05, 4.69) is 29.0 Å². The SMILES string of the molecule is CCOC(=O)c1nc(NCCN(C)C(C)C)sc1C(C)=O. The molecule has 6 nitrogen and oxygen atoms in total. The first-order valence-electron chi connectivity index (χ1n) is 6.99. The smallest absolute Gasteiger partial charge is 0.358 e. The Labute approximate surface area is 129 Å². The van der Waals surface area contributed by atoms with Gasteiger partial charge >= 0.3 is 5.97 Å². The fourth-order valence-electron chi connectivity index (χ4n) is 1.57. The number of hydrogen-bond donors (Lipinski definition) is 1. The first-order chi connectivity index (χ1) is 9.86. The summed E-state index contributed by atoms with van der Waals surface area (Å²) in [5.41, 5.74) is 0.106. The van der Waals surface area contributed by atoms with Crippen LogP contribution in [0.15, 0.2) is 0 Å². The van der Waals surface area contributed by atoms with Crippen LogP contribution >= 0.6 is 11.3 Å². The summed E-state index contributed by atoms with van der Waals surface area (Å²) in [6.45, 7) is 9.19. The van der Waals surface area contributed by atoms with Crippen molar-refractivity contribution < 1.29 is 14.3 Å². The van der Waals surface area contributed by atoms with Crippen molar-refractivity contribution in [2.45, 2.75) is 33.7 Å². The second-order valence-corrected chi connectivity index (χ2v) is 5.97. The van der Waals surface area contributed by atoms with Crippen molar-refractivity contribution >= 4 is 28.2 Å². The molecular weight excluding hydrogens is 290 g/mol. The van der Waals surface area contributed by atoms with Crippen LogP contribution in [0.5, 0.6) is 0 Å². The van der Waals surface area contributed by atoms with E-state index in [0.717, 1.165) is 6.54 Å². The Morgan fingerprint density at radius 2 is 2.10 bits per heavy atom. The second-order valence-electron chi connectivity index (χ2n) is 4.97. The number of rotatable bonds is 8. The molecule has 1 heterocycles. The minimum atomic E-state index is -0.550. The zero-order valence-corrected chi connectivity index (χ0v) is 14.0. The van der Waals surface area contributed by atoms with E-state index >= 15 is 0 Å². The molecule has 0 saturated heterocycles. The Morgan fingerprint density at radius 3 is 2.62 bits per heavy atom. The van der Waals surface area contributed by atoms with Crippen molar-refractivity contribution in [1.29, 1.82) is 0 Å². The van der Waals surface area contributed by atoms with E-state index in [1.807, 2.05) is 7.05 Å². The summed E-state index contributed by atoms with van der Waals surface area (Å²) in [6, 6.07) is 0.464. The van der Waals surface area contributed by atoms with Gasteiger partial charge in [0.2, 0.25) is 0 Å². The predicted molar refractivity (Wildman–Crippen MR) is 84.3 cm³/mol. The summed E-state index contributed by atoms with van der Waals surface area (Å²) in [5, 5.41) is 3.72. The van der Waals surface area contributed by atoms with Gasteiger partial charge < -0.3 is 15.0 Å². The lowest BCUT2D eigenvalue weighted by atomic mass is 10.3. The Bertz CT molecular complexity index is 500. The maximum atomic E-state index is 11.8. The number of esters is 1. The second kappa shape index (κ2) is 8.09. The number of hydrogen-bond acceptors (Lipinski definition) is 7. The van der Waals surface area contributed by atoms with Crippen LogP contribution in [0.25, 0.3) is 0 Å². The summed E-state index contributed by atoms with van der Waals surface area (Å²) in [6.07, 6.45) is 0. The fourth-order valence-corrected chi connectivity index (χ4v) is 2.44. The van der Waals surface area contributed by atoms with Crippen molar-refractivity contribution in [2.24, 2.45) is 0 Å². The van der Waals surface area contributed by atoms with Crippen LogP contribution in [0.3, 0.4) is 0 Å². The minimum Gasteiger partial charge on any atom is -0.461 e. The Balaban J connectivity index is 2.74. The van der Waals surface area contributed by atoms with E-state index in [4.69, 9.17) is 4.74 Å². The van der Waals surface area contributed by atoms with Crippen LogP contribution < -0.4 is 5.32 Å². The molecule has 0 spiro atoms. The molecule has 1 aromatic rings. The van der Waals surface area contributed by atoms with Gasteiger partial charge in [-0.3, -0.25) is 4.79 Å². The molecule has 0 saturated carbocycles. The average Bonchev–Trinajstić information content (AvgIpc) is 2.83. The molecule has 0 aliphatic heterocycles. The number of anilines is 1. The lowest BCUT2D eigenvalue weighted by Gasteiger charge is -2.20. The Morgan fingerprint density at radius 1 is 1.43 bits per heavy atom.